The first-order chi connectivity index (χ1) is 9.61. The summed E-state index contributed by atoms with van der Waals surface area (Å²) in [4.78, 5) is 13.0. The quantitative estimate of drug-likeness (QED) is 0.830. The second kappa shape index (κ2) is 6.97. The second-order valence-electron chi connectivity index (χ2n) is 4.09. The molecule has 2 aromatic rings. The number of rotatable bonds is 5. The Kier molecular flexibility index (Phi) is 5.28. The second-order valence-corrected chi connectivity index (χ2v) is 5.98. The third kappa shape index (κ3) is 3.65. The summed E-state index contributed by atoms with van der Waals surface area (Å²) >= 11 is 4.72. The summed E-state index contributed by atoms with van der Waals surface area (Å²) in [7, 11) is 1.33. The van der Waals surface area contributed by atoms with E-state index in [0.717, 1.165) is 4.88 Å². The molecule has 0 saturated carbocycles. The van der Waals surface area contributed by atoms with Crippen molar-refractivity contribution in [1.82, 2.24) is 5.32 Å². The van der Waals surface area contributed by atoms with Crippen molar-refractivity contribution in [1.29, 1.82) is 0 Å². The lowest BCUT2D eigenvalue weighted by Crippen LogP contribution is -2.29. The summed E-state index contributed by atoms with van der Waals surface area (Å²) in [6.07, 6.45) is 0. The highest BCUT2D eigenvalue weighted by Crippen LogP contribution is 2.23. The molecule has 0 fully saturated rings. The summed E-state index contributed by atoms with van der Waals surface area (Å²) in [5.41, 5.74) is 0.654. The van der Waals surface area contributed by atoms with E-state index in [1.54, 1.807) is 23.5 Å². The summed E-state index contributed by atoms with van der Waals surface area (Å²) in [5, 5.41) is 5.10. The maximum absolute atomic E-state index is 13.3. The van der Waals surface area contributed by atoms with Gasteiger partial charge < -0.3 is 4.74 Å². The van der Waals surface area contributed by atoms with Gasteiger partial charge in [0.2, 0.25) is 0 Å². The fourth-order valence-electron chi connectivity index (χ4n) is 1.76. The van der Waals surface area contributed by atoms with Gasteiger partial charge in [0.05, 0.1) is 11.6 Å². The Labute approximate surface area is 128 Å². The monoisotopic (exact) mass is 357 g/mol. The Hall–Kier alpha value is -1.24. The minimum absolute atomic E-state index is 0.321. The molecule has 0 radical (unpaired) electrons. The lowest BCUT2D eigenvalue weighted by molar-refractivity contribution is -0.143. The standard InChI is InChI=1S/C14H13BrFNO2S/c1-19-14(18)13(17-8-10-3-2-6-20-10)9-4-5-12(16)11(15)7-9/h2-7,13,17H,8H2,1H3. The molecule has 0 bridgehead atoms. The molecule has 0 spiro atoms. The van der Waals surface area contributed by atoms with Crippen molar-refractivity contribution in [3.63, 3.8) is 0 Å². The van der Waals surface area contributed by atoms with E-state index in [0.29, 0.717) is 16.6 Å². The number of thiophene rings is 1. The molecular formula is C14H13BrFNO2S. The van der Waals surface area contributed by atoms with Crippen LogP contribution < -0.4 is 5.32 Å². The van der Waals surface area contributed by atoms with Crippen LogP contribution in [0.4, 0.5) is 4.39 Å². The molecule has 1 aromatic carbocycles. The molecule has 1 N–H and O–H groups in total. The minimum Gasteiger partial charge on any atom is -0.468 e. The molecule has 0 saturated heterocycles. The number of benzene rings is 1. The maximum Gasteiger partial charge on any atom is 0.327 e. The van der Waals surface area contributed by atoms with Gasteiger partial charge in [-0.15, -0.1) is 11.3 Å². The molecule has 3 nitrogen and oxygen atoms in total. The molecule has 106 valence electrons. The number of methoxy groups -OCH3 is 1. The minimum atomic E-state index is -0.626. The van der Waals surface area contributed by atoms with Crippen LogP contribution in [0.5, 0.6) is 0 Å². The fraction of sp³-hybridized carbons (Fsp3) is 0.214. The Morgan fingerprint density at radius 3 is 2.90 bits per heavy atom. The molecule has 0 aliphatic rings. The molecule has 1 atom stereocenters. The van der Waals surface area contributed by atoms with Gasteiger partial charge in [0, 0.05) is 11.4 Å². The normalized spacial score (nSPS) is 12.2. The van der Waals surface area contributed by atoms with Crippen molar-refractivity contribution < 1.29 is 13.9 Å². The van der Waals surface area contributed by atoms with E-state index in [1.165, 1.54) is 13.2 Å². The number of nitrogens with one attached hydrogen (secondary N) is 1. The van der Waals surface area contributed by atoms with Gasteiger partial charge in [-0.25, -0.2) is 9.18 Å². The molecular weight excluding hydrogens is 345 g/mol. The van der Waals surface area contributed by atoms with Gasteiger partial charge >= 0.3 is 5.97 Å². The van der Waals surface area contributed by atoms with E-state index in [1.807, 2.05) is 17.5 Å². The Balaban J connectivity index is 2.18. The maximum atomic E-state index is 13.3. The molecule has 1 aromatic heterocycles. The lowest BCUT2D eigenvalue weighted by atomic mass is 10.1. The zero-order chi connectivity index (χ0) is 14.5. The molecule has 6 heteroatoms. The third-order valence-electron chi connectivity index (χ3n) is 2.77. The number of hydrogen-bond donors (Lipinski definition) is 1. The summed E-state index contributed by atoms with van der Waals surface area (Å²) in [6, 6.07) is 7.78. The molecule has 0 aliphatic heterocycles. The van der Waals surface area contributed by atoms with Crippen molar-refractivity contribution in [2.45, 2.75) is 12.6 Å². The summed E-state index contributed by atoms with van der Waals surface area (Å²) in [6.45, 7) is 0.548. The molecule has 20 heavy (non-hydrogen) atoms. The van der Waals surface area contributed by atoms with Crippen LogP contribution in [-0.2, 0) is 16.1 Å². The van der Waals surface area contributed by atoms with Crippen molar-refractivity contribution in [2.75, 3.05) is 7.11 Å². The Bertz CT molecular complexity index is 589. The number of carbonyl (C=O) groups is 1. The highest BCUT2D eigenvalue weighted by Gasteiger charge is 2.21. The Morgan fingerprint density at radius 1 is 1.50 bits per heavy atom. The summed E-state index contributed by atoms with van der Waals surface area (Å²) in [5.74, 6) is -0.768. The number of halogens is 2. The van der Waals surface area contributed by atoms with Gasteiger partial charge in [-0.2, -0.15) is 0 Å². The number of esters is 1. The number of ether oxygens (including phenoxy) is 1. The van der Waals surface area contributed by atoms with Crippen LogP contribution >= 0.6 is 27.3 Å². The van der Waals surface area contributed by atoms with Crippen LogP contribution in [0.1, 0.15) is 16.5 Å². The lowest BCUT2D eigenvalue weighted by Gasteiger charge is -2.17. The molecule has 0 amide bonds. The van der Waals surface area contributed by atoms with Crippen LogP contribution in [0.2, 0.25) is 0 Å². The van der Waals surface area contributed by atoms with E-state index in [9.17, 15) is 9.18 Å². The van der Waals surface area contributed by atoms with Crippen molar-refractivity contribution in [3.8, 4) is 0 Å². The van der Waals surface area contributed by atoms with E-state index in [-0.39, 0.29) is 5.82 Å². The summed E-state index contributed by atoms with van der Waals surface area (Å²) < 4.78 is 18.4. The van der Waals surface area contributed by atoms with Crippen molar-refractivity contribution >= 4 is 33.2 Å². The van der Waals surface area contributed by atoms with Gasteiger partial charge in [0.25, 0.3) is 0 Å². The molecule has 2 rings (SSSR count). The van der Waals surface area contributed by atoms with Gasteiger partial charge in [-0.3, -0.25) is 5.32 Å². The SMILES string of the molecule is COC(=O)C(NCc1cccs1)c1ccc(F)c(Br)c1. The molecule has 1 unspecified atom stereocenters. The highest BCUT2D eigenvalue weighted by atomic mass is 79.9. The van der Waals surface area contributed by atoms with Crippen LogP contribution in [0.3, 0.4) is 0 Å². The number of carbonyl (C=O) groups excluding carboxylic acids is 1. The zero-order valence-electron chi connectivity index (χ0n) is 10.7. The Morgan fingerprint density at radius 2 is 2.30 bits per heavy atom. The largest absolute Gasteiger partial charge is 0.468 e. The highest BCUT2D eigenvalue weighted by molar-refractivity contribution is 9.10. The smallest absolute Gasteiger partial charge is 0.327 e. The van der Waals surface area contributed by atoms with E-state index < -0.39 is 12.0 Å². The van der Waals surface area contributed by atoms with Gasteiger partial charge in [0.1, 0.15) is 11.9 Å². The predicted octanol–water partition coefficient (Wildman–Crippen LogP) is 3.65. The first kappa shape index (κ1) is 15.2. The van der Waals surface area contributed by atoms with E-state index in [2.05, 4.69) is 21.2 Å². The van der Waals surface area contributed by atoms with Gasteiger partial charge in [-0.05, 0) is 45.1 Å². The average molecular weight is 358 g/mol. The first-order valence-corrected chi connectivity index (χ1v) is 7.57. The van der Waals surface area contributed by atoms with E-state index in [4.69, 9.17) is 4.74 Å². The zero-order valence-corrected chi connectivity index (χ0v) is 13.1. The van der Waals surface area contributed by atoms with Gasteiger partial charge in [0.15, 0.2) is 0 Å². The fourth-order valence-corrected chi connectivity index (χ4v) is 2.82. The van der Waals surface area contributed by atoms with Crippen molar-refractivity contribution in [2.24, 2.45) is 0 Å². The average Bonchev–Trinajstić information content (AvgIpc) is 2.95. The van der Waals surface area contributed by atoms with Crippen LogP contribution in [0.15, 0.2) is 40.2 Å². The van der Waals surface area contributed by atoms with Crippen molar-refractivity contribution in [3.05, 3.63) is 56.4 Å². The molecule has 0 aliphatic carbocycles. The first-order valence-electron chi connectivity index (χ1n) is 5.90. The van der Waals surface area contributed by atoms with Gasteiger partial charge in [-0.1, -0.05) is 12.1 Å². The van der Waals surface area contributed by atoms with E-state index >= 15 is 0 Å². The predicted molar refractivity (Wildman–Crippen MR) is 80.0 cm³/mol. The topological polar surface area (TPSA) is 38.3 Å². The third-order valence-corrected chi connectivity index (χ3v) is 4.26. The van der Waals surface area contributed by atoms with Crippen LogP contribution in [-0.4, -0.2) is 13.1 Å². The van der Waals surface area contributed by atoms with Crippen LogP contribution in [0, 0.1) is 5.82 Å². The molecule has 1 heterocycles. The number of hydrogen-bond acceptors (Lipinski definition) is 4. The van der Waals surface area contributed by atoms with Crippen LogP contribution in [0.25, 0.3) is 0 Å².